The zero-order chi connectivity index (χ0) is 24.8. The van der Waals surface area contributed by atoms with E-state index >= 15 is 0 Å². The SMILES string of the molecule is CCN(N=C(N)N)c1nc(=O)n(Cc2ccc(C(=O)O)cc2)c(=O)n1Cc1ccc(OC)cc1. The molecule has 0 bridgehead atoms. The number of carboxylic acid groups (broad SMARTS) is 1. The van der Waals surface area contributed by atoms with Gasteiger partial charge in [-0.25, -0.2) is 24.0 Å². The Bertz CT molecular complexity index is 1310. The number of aromatic carboxylic acids is 1. The summed E-state index contributed by atoms with van der Waals surface area (Å²) in [6.07, 6.45) is 0. The Morgan fingerprint density at radius 3 is 2.09 bits per heavy atom. The van der Waals surface area contributed by atoms with Crippen molar-refractivity contribution >= 4 is 17.9 Å². The number of hydrogen-bond acceptors (Lipinski definition) is 7. The third-order valence-corrected chi connectivity index (χ3v) is 4.94. The second-order valence-electron chi connectivity index (χ2n) is 7.24. The first-order valence-electron chi connectivity index (χ1n) is 10.3. The lowest BCUT2D eigenvalue weighted by Crippen LogP contribution is -2.45. The van der Waals surface area contributed by atoms with Gasteiger partial charge in [-0.1, -0.05) is 24.3 Å². The van der Waals surface area contributed by atoms with Crippen LogP contribution in [0.1, 0.15) is 28.4 Å². The average molecular weight is 467 g/mol. The van der Waals surface area contributed by atoms with Crippen LogP contribution in [0.4, 0.5) is 5.95 Å². The smallest absolute Gasteiger partial charge is 0.355 e. The van der Waals surface area contributed by atoms with Crippen molar-refractivity contribution in [1.82, 2.24) is 14.1 Å². The number of carbonyl (C=O) groups is 1. The largest absolute Gasteiger partial charge is 0.497 e. The number of hydrazone groups is 1. The standard InChI is InChI=1S/C22H25N7O5/c1-3-29(26-19(23)24)20-25-21(32)28(13-14-4-8-16(9-5-14)18(30)31)22(33)27(20)12-15-6-10-17(34-2)11-7-15/h4-11H,3,12-13H2,1-2H3,(H,30,31)(H4,23,24,26). The van der Waals surface area contributed by atoms with Crippen molar-refractivity contribution in [3.63, 3.8) is 0 Å². The van der Waals surface area contributed by atoms with Crippen LogP contribution in [0.25, 0.3) is 0 Å². The minimum atomic E-state index is -1.07. The van der Waals surface area contributed by atoms with Gasteiger partial charge in [0.1, 0.15) is 5.75 Å². The van der Waals surface area contributed by atoms with Gasteiger partial charge in [-0.2, -0.15) is 4.98 Å². The summed E-state index contributed by atoms with van der Waals surface area (Å²) in [7, 11) is 1.55. The molecule has 0 aliphatic heterocycles. The fourth-order valence-corrected chi connectivity index (χ4v) is 3.24. The lowest BCUT2D eigenvalue weighted by molar-refractivity contribution is 0.0697. The fraction of sp³-hybridized carbons (Fsp3) is 0.227. The average Bonchev–Trinajstić information content (AvgIpc) is 2.82. The van der Waals surface area contributed by atoms with Gasteiger partial charge in [0.2, 0.25) is 11.9 Å². The number of methoxy groups -OCH3 is 1. The highest BCUT2D eigenvalue weighted by Crippen LogP contribution is 2.15. The van der Waals surface area contributed by atoms with Crippen molar-refractivity contribution in [2.75, 3.05) is 18.7 Å². The molecule has 3 rings (SSSR count). The van der Waals surface area contributed by atoms with Crippen LogP contribution in [0.2, 0.25) is 0 Å². The molecule has 0 spiro atoms. The molecule has 0 radical (unpaired) electrons. The maximum atomic E-state index is 13.5. The molecule has 0 saturated heterocycles. The Kier molecular flexibility index (Phi) is 7.31. The van der Waals surface area contributed by atoms with E-state index in [0.717, 1.165) is 10.1 Å². The van der Waals surface area contributed by atoms with Gasteiger partial charge in [-0.15, -0.1) is 5.10 Å². The van der Waals surface area contributed by atoms with Crippen LogP contribution >= 0.6 is 0 Å². The lowest BCUT2D eigenvalue weighted by Gasteiger charge is -2.21. The minimum Gasteiger partial charge on any atom is -0.497 e. The molecule has 0 saturated carbocycles. The predicted octanol–water partition coefficient (Wildman–Crippen LogP) is 0.223. The molecule has 0 unspecified atom stereocenters. The van der Waals surface area contributed by atoms with Gasteiger partial charge in [0, 0.05) is 6.54 Å². The Balaban J connectivity index is 2.11. The summed E-state index contributed by atoms with van der Waals surface area (Å²) in [5, 5.41) is 14.3. The highest BCUT2D eigenvalue weighted by molar-refractivity contribution is 5.87. The van der Waals surface area contributed by atoms with Crippen LogP contribution < -0.4 is 32.6 Å². The van der Waals surface area contributed by atoms with E-state index < -0.39 is 17.3 Å². The van der Waals surface area contributed by atoms with Crippen molar-refractivity contribution < 1.29 is 14.6 Å². The predicted molar refractivity (Wildman–Crippen MR) is 126 cm³/mol. The normalized spacial score (nSPS) is 10.5. The summed E-state index contributed by atoms with van der Waals surface area (Å²) in [6.45, 7) is 1.97. The third-order valence-electron chi connectivity index (χ3n) is 4.94. The highest BCUT2D eigenvalue weighted by Gasteiger charge is 2.19. The molecule has 34 heavy (non-hydrogen) atoms. The van der Waals surface area contributed by atoms with Crippen molar-refractivity contribution in [3.8, 4) is 5.75 Å². The molecule has 12 nitrogen and oxygen atoms in total. The summed E-state index contributed by atoms with van der Waals surface area (Å²) in [6, 6.07) is 12.9. The Morgan fingerprint density at radius 1 is 1.03 bits per heavy atom. The second kappa shape index (κ2) is 10.3. The van der Waals surface area contributed by atoms with Gasteiger partial charge >= 0.3 is 17.3 Å². The van der Waals surface area contributed by atoms with Gasteiger partial charge in [0.25, 0.3) is 0 Å². The lowest BCUT2D eigenvalue weighted by atomic mass is 10.1. The van der Waals surface area contributed by atoms with E-state index in [1.54, 1.807) is 38.3 Å². The van der Waals surface area contributed by atoms with Crippen molar-refractivity contribution in [1.29, 1.82) is 0 Å². The molecule has 0 atom stereocenters. The van der Waals surface area contributed by atoms with Crippen LogP contribution in [-0.4, -0.2) is 44.8 Å². The molecule has 3 aromatic rings. The van der Waals surface area contributed by atoms with Crippen LogP contribution in [0.5, 0.6) is 5.75 Å². The molecule has 0 fully saturated rings. The molecule has 2 aromatic carbocycles. The van der Waals surface area contributed by atoms with E-state index in [4.69, 9.17) is 21.3 Å². The van der Waals surface area contributed by atoms with E-state index in [0.29, 0.717) is 11.3 Å². The number of nitrogens with two attached hydrogens (primary N) is 2. The number of ether oxygens (including phenoxy) is 1. The molecule has 5 N–H and O–H groups in total. The van der Waals surface area contributed by atoms with Gasteiger partial charge in [-0.05, 0) is 42.3 Å². The van der Waals surface area contributed by atoms with Crippen LogP contribution in [0, 0.1) is 0 Å². The molecule has 0 amide bonds. The van der Waals surface area contributed by atoms with Crippen LogP contribution in [0.15, 0.2) is 63.2 Å². The zero-order valence-corrected chi connectivity index (χ0v) is 18.7. The van der Waals surface area contributed by atoms with E-state index in [-0.39, 0.29) is 37.1 Å². The first kappa shape index (κ1) is 24.0. The van der Waals surface area contributed by atoms with Crippen molar-refractivity contribution in [2.45, 2.75) is 20.0 Å². The Labute approximate surface area is 194 Å². The third kappa shape index (κ3) is 5.41. The second-order valence-corrected chi connectivity index (χ2v) is 7.24. The first-order chi connectivity index (χ1) is 16.2. The summed E-state index contributed by atoms with van der Waals surface area (Å²) < 4.78 is 7.43. The van der Waals surface area contributed by atoms with Crippen LogP contribution in [0.3, 0.4) is 0 Å². The number of aromatic nitrogens is 3. The summed E-state index contributed by atoms with van der Waals surface area (Å²) in [4.78, 5) is 41.5. The molecular weight excluding hydrogens is 442 g/mol. The molecule has 0 aliphatic carbocycles. The number of benzene rings is 2. The topological polar surface area (TPSA) is 171 Å². The van der Waals surface area contributed by atoms with Gasteiger partial charge in [0.15, 0.2) is 0 Å². The van der Waals surface area contributed by atoms with E-state index in [2.05, 4.69) is 10.1 Å². The van der Waals surface area contributed by atoms with E-state index in [1.165, 1.54) is 33.8 Å². The number of anilines is 1. The molecular formula is C22H25N7O5. The minimum absolute atomic E-state index is 0.0146. The molecule has 1 heterocycles. The molecule has 12 heteroatoms. The number of nitrogens with zero attached hydrogens (tertiary/aromatic N) is 5. The summed E-state index contributed by atoms with van der Waals surface area (Å²) in [5.74, 6) is -0.690. The molecule has 1 aromatic heterocycles. The summed E-state index contributed by atoms with van der Waals surface area (Å²) >= 11 is 0. The Hall–Kier alpha value is -4.61. The summed E-state index contributed by atoms with van der Waals surface area (Å²) in [5.41, 5.74) is 11.0. The number of carboxylic acids is 1. The maximum Gasteiger partial charge on any atom is 0.355 e. The Morgan fingerprint density at radius 2 is 1.59 bits per heavy atom. The molecule has 0 aliphatic rings. The van der Waals surface area contributed by atoms with Crippen molar-refractivity contribution in [3.05, 3.63) is 86.2 Å². The van der Waals surface area contributed by atoms with E-state index in [1.807, 2.05) is 0 Å². The quantitative estimate of drug-likeness (QED) is 0.226. The number of hydrogen-bond donors (Lipinski definition) is 3. The van der Waals surface area contributed by atoms with E-state index in [9.17, 15) is 14.4 Å². The van der Waals surface area contributed by atoms with Gasteiger partial charge in [-0.3, -0.25) is 4.57 Å². The highest BCUT2D eigenvalue weighted by atomic mass is 16.5. The van der Waals surface area contributed by atoms with Crippen LogP contribution in [-0.2, 0) is 13.1 Å². The monoisotopic (exact) mass is 467 g/mol. The maximum absolute atomic E-state index is 13.5. The van der Waals surface area contributed by atoms with Gasteiger partial charge < -0.3 is 21.3 Å². The fourth-order valence-electron chi connectivity index (χ4n) is 3.24. The molecule has 178 valence electrons. The first-order valence-corrected chi connectivity index (χ1v) is 10.3. The van der Waals surface area contributed by atoms with Gasteiger partial charge in [0.05, 0.1) is 25.8 Å². The number of guanidine groups is 1. The number of rotatable bonds is 9. The zero-order valence-electron chi connectivity index (χ0n) is 18.7. The van der Waals surface area contributed by atoms with Crippen molar-refractivity contribution in [2.24, 2.45) is 16.6 Å².